The Morgan fingerprint density at radius 2 is 1.78 bits per heavy atom. The minimum absolute atomic E-state index is 0.000230. The molecule has 3 heteroatoms. The summed E-state index contributed by atoms with van der Waals surface area (Å²) in [5.74, 6) is -0.000230. The Hall–Kier alpha value is -1.61. The van der Waals surface area contributed by atoms with E-state index in [1.807, 2.05) is 25.1 Å². The molecule has 1 amide bonds. The summed E-state index contributed by atoms with van der Waals surface area (Å²) in [6.07, 6.45) is 6.29. The Morgan fingerprint density at radius 1 is 1.13 bits per heavy atom. The summed E-state index contributed by atoms with van der Waals surface area (Å²) in [4.78, 5) is 14.6. The molecule has 1 aromatic rings. The van der Waals surface area contributed by atoms with Crippen molar-refractivity contribution in [2.75, 3.05) is 13.1 Å². The molecule has 23 heavy (non-hydrogen) atoms. The van der Waals surface area contributed by atoms with Crippen molar-refractivity contribution in [3.8, 4) is 0 Å². The van der Waals surface area contributed by atoms with Crippen LogP contribution in [0.2, 0.25) is 0 Å². The molecule has 0 aliphatic rings. The van der Waals surface area contributed by atoms with E-state index in [1.165, 1.54) is 12.8 Å². The number of benzene rings is 1. The van der Waals surface area contributed by atoms with Gasteiger partial charge in [0.2, 0.25) is 5.91 Å². The average molecular weight is 316 g/mol. The highest BCUT2D eigenvalue weighted by Crippen LogP contribution is 2.21. The molecule has 0 aliphatic carbocycles. The van der Waals surface area contributed by atoms with Crippen LogP contribution in [0.3, 0.4) is 0 Å². The first-order chi connectivity index (χ1) is 11.1. The van der Waals surface area contributed by atoms with E-state index >= 15 is 0 Å². The molecule has 0 aromatic heterocycles. The summed E-state index contributed by atoms with van der Waals surface area (Å²) in [6, 6.07) is 10.2. The van der Waals surface area contributed by atoms with E-state index in [2.05, 4.69) is 43.1 Å². The van der Waals surface area contributed by atoms with E-state index in [9.17, 15) is 4.79 Å². The van der Waals surface area contributed by atoms with Crippen LogP contribution in [0.25, 0.3) is 5.57 Å². The molecule has 0 bridgehead atoms. The highest BCUT2D eigenvalue weighted by Gasteiger charge is 2.12. The van der Waals surface area contributed by atoms with Gasteiger partial charge in [0, 0.05) is 6.08 Å². The fourth-order valence-corrected chi connectivity index (χ4v) is 2.79. The lowest BCUT2D eigenvalue weighted by atomic mass is 9.99. The van der Waals surface area contributed by atoms with Gasteiger partial charge in [-0.05, 0) is 44.0 Å². The molecular weight excluding hydrogens is 284 g/mol. The molecule has 0 fully saturated rings. The third kappa shape index (κ3) is 7.00. The molecule has 0 radical (unpaired) electrons. The highest BCUT2D eigenvalue weighted by molar-refractivity contribution is 5.95. The van der Waals surface area contributed by atoms with Crippen molar-refractivity contribution in [2.24, 2.45) is 0 Å². The van der Waals surface area contributed by atoms with Gasteiger partial charge in [0.25, 0.3) is 0 Å². The number of rotatable bonds is 10. The summed E-state index contributed by atoms with van der Waals surface area (Å²) in [6.45, 7) is 10.3. The van der Waals surface area contributed by atoms with E-state index in [0.717, 1.165) is 37.1 Å². The summed E-state index contributed by atoms with van der Waals surface area (Å²) >= 11 is 0. The van der Waals surface area contributed by atoms with Crippen LogP contribution in [-0.2, 0) is 4.79 Å². The number of carbonyl (C=O) groups excluding carboxylic acids is 1. The predicted molar refractivity (Wildman–Crippen MR) is 99.1 cm³/mol. The number of nitrogens with zero attached hydrogens (tertiary/aromatic N) is 1. The summed E-state index contributed by atoms with van der Waals surface area (Å²) in [7, 11) is 0. The Balaban J connectivity index is 2.79. The molecule has 0 spiro atoms. The zero-order chi connectivity index (χ0) is 17.1. The van der Waals surface area contributed by atoms with Crippen molar-refractivity contribution in [1.82, 2.24) is 10.2 Å². The molecule has 0 saturated heterocycles. The topological polar surface area (TPSA) is 32.3 Å². The zero-order valence-electron chi connectivity index (χ0n) is 15.1. The van der Waals surface area contributed by atoms with Gasteiger partial charge in [0.1, 0.15) is 0 Å². The van der Waals surface area contributed by atoms with Gasteiger partial charge in [-0.3, -0.25) is 9.69 Å². The summed E-state index contributed by atoms with van der Waals surface area (Å²) < 4.78 is 0. The largest absolute Gasteiger partial charge is 0.337 e. The molecule has 0 aliphatic heterocycles. The fraction of sp³-hybridized carbons (Fsp3) is 0.550. The van der Waals surface area contributed by atoms with E-state index in [1.54, 1.807) is 6.08 Å². The Labute approximate surface area is 141 Å². The monoisotopic (exact) mass is 316 g/mol. The number of unbranched alkanes of at least 4 members (excludes halogenated alkanes) is 2. The SMILES string of the molecule is CCCCCC(=CC(=O)NC(C)N(CC)CC)c1ccccc1. The van der Waals surface area contributed by atoms with Crippen molar-refractivity contribution in [1.29, 1.82) is 0 Å². The van der Waals surface area contributed by atoms with Crippen LogP contribution >= 0.6 is 0 Å². The number of hydrogen-bond donors (Lipinski definition) is 1. The van der Waals surface area contributed by atoms with Gasteiger partial charge in [-0.1, -0.05) is 63.9 Å². The lowest BCUT2D eigenvalue weighted by Gasteiger charge is -2.26. The van der Waals surface area contributed by atoms with Crippen LogP contribution in [0.1, 0.15) is 58.9 Å². The zero-order valence-corrected chi connectivity index (χ0v) is 15.1. The number of allylic oxidation sites excluding steroid dienone is 1. The summed E-state index contributed by atoms with van der Waals surface area (Å²) in [5, 5.41) is 3.08. The average Bonchev–Trinajstić information content (AvgIpc) is 2.56. The maximum atomic E-state index is 12.4. The molecule has 128 valence electrons. The molecule has 0 heterocycles. The quantitative estimate of drug-likeness (QED) is 0.393. The molecule has 1 N–H and O–H groups in total. The smallest absolute Gasteiger partial charge is 0.245 e. The highest BCUT2D eigenvalue weighted by atomic mass is 16.1. The Morgan fingerprint density at radius 3 is 2.35 bits per heavy atom. The third-order valence-electron chi connectivity index (χ3n) is 4.21. The predicted octanol–water partition coefficient (Wildman–Crippen LogP) is 4.45. The molecule has 0 saturated carbocycles. The lowest BCUT2D eigenvalue weighted by Crippen LogP contribution is -2.45. The molecule has 1 rings (SSSR count). The lowest BCUT2D eigenvalue weighted by molar-refractivity contribution is -0.118. The van der Waals surface area contributed by atoms with Crippen molar-refractivity contribution in [2.45, 2.75) is 59.5 Å². The molecular formula is C20H32N2O. The minimum atomic E-state index is -0.000230. The maximum Gasteiger partial charge on any atom is 0.245 e. The molecule has 1 atom stereocenters. The van der Waals surface area contributed by atoms with Gasteiger partial charge >= 0.3 is 0 Å². The van der Waals surface area contributed by atoms with Gasteiger partial charge in [-0.15, -0.1) is 0 Å². The van der Waals surface area contributed by atoms with E-state index in [0.29, 0.717) is 0 Å². The van der Waals surface area contributed by atoms with Crippen molar-refractivity contribution < 1.29 is 4.79 Å². The van der Waals surface area contributed by atoms with E-state index in [-0.39, 0.29) is 12.1 Å². The van der Waals surface area contributed by atoms with Crippen LogP contribution in [-0.4, -0.2) is 30.1 Å². The molecule has 1 unspecified atom stereocenters. The van der Waals surface area contributed by atoms with Crippen molar-refractivity contribution in [3.63, 3.8) is 0 Å². The molecule has 1 aromatic carbocycles. The number of nitrogens with one attached hydrogen (secondary N) is 1. The van der Waals surface area contributed by atoms with Gasteiger partial charge in [-0.25, -0.2) is 0 Å². The first kappa shape index (κ1) is 19.4. The van der Waals surface area contributed by atoms with Gasteiger partial charge < -0.3 is 5.32 Å². The number of amides is 1. The van der Waals surface area contributed by atoms with Gasteiger partial charge in [0.15, 0.2) is 0 Å². The standard InChI is InChI=1S/C20H32N2O/c1-5-8-10-15-19(18-13-11-9-12-14-18)16-20(23)21-17(4)22(6-2)7-3/h9,11-14,16-17H,5-8,10,15H2,1-4H3,(H,21,23). The first-order valence-corrected chi connectivity index (χ1v) is 8.92. The summed E-state index contributed by atoms with van der Waals surface area (Å²) in [5.41, 5.74) is 2.28. The normalized spacial score (nSPS) is 13.2. The van der Waals surface area contributed by atoms with Crippen molar-refractivity contribution >= 4 is 11.5 Å². The van der Waals surface area contributed by atoms with Crippen LogP contribution in [0, 0.1) is 0 Å². The molecule has 3 nitrogen and oxygen atoms in total. The second kappa shape index (κ2) is 11.0. The number of carbonyl (C=O) groups is 1. The minimum Gasteiger partial charge on any atom is -0.337 e. The van der Waals surface area contributed by atoms with E-state index < -0.39 is 0 Å². The number of hydrogen-bond acceptors (Lipinski definition) is 2. The van der Waals surface area contributed by atoms with Gasteiger partial charge in [-0.2, -0.15) is 0 Å². The second-order valence-electron chi connectivity index (χ2n) is 5.90. The Kier molecular flexibility index (Phi) is 9.30. The van der Waals surface area contributed by atoms with Crippen LogP contribution in [0.15, 0.2) is 36.4 Å². The maximum absolute atomic E-state index is 12.4. The van der Waals surface area contributed by atoms with Gasteiger partial charge in [0.05, 0.1) is 6.17 Å². The Bertz CT molecular complexity index is 478. The van der Waals surface area contributed by atoms with E-state index in [4.69, 9.17) is 0 Å². The van der Waals surface area contributed by atoms with Crippen LogP contribution in [0.4, 0.5) is 0 Å². The first-order valence-electron chi connectivity index (χ1n) is 8.92. The third-order valence-corrected chi connectivity index (χ3v) is 4.21. The second-order valence-corrected chi connectivity index (χ2v) is 5.90. The van der Waals surface area contributed by atoms with Crippen LogP contribution in [0.5, 0.6) is 0 Å². The van der Waals surface area contributed by atoms with Crippen LogP contribution < -0.4 is 5.32 Å². The fourth-order valence-electron chi connectivity index (χ4n) is 2.79. The van der Waals surface area contributed by atoms with Crippen molar-refractivity contribution in [3.05, 3.63) is 42.0 Å².